The first kappa shape index (κ1) is 17.9. The average molecular weight is 367 g/mol. The van der Waals surface area contributed by atoms with Crippen molar-refractivity contribution in [1.29, 1.82) is 0 Å². The van der Waals surface area contributed by atoms with Gasteiger partial charge < -0.3 is 21.1 Å². The molecule has 1 aliphatic heterocycles. The fourth-order valence-electron chi connectivity index (χ4n) is 3.16. The number of hydrogen-bond donors (Lipinski definition) is 4. The number of nitrogens with one attached hydrogen (secondary N) is 3. The number of rotatable bonds is 3. The van der Waals surface area contributed by atoms with Crippen LogP contribution in [-0.4, -0.2) is 16.1 Å². The van der Waals surface area contributed by atoms with E-state index in [1.807, 2.05) is 32.9 Å². The second kappa shape index (κ2) is 7.17. The highest BCUT2D eigenvalue weighted by Crippen LogP contribution is 2.29. The molecule has 26 heavy (non-hydrogen) atoms. The number of allylic oxidation sites excluding steroid dienone is 1. The Labute approximate surface area is 158 Å². The normalized spacial score (nSPS) is 16.7. The lowest BCUT2D eigenvalue weighted by Gasteiger charge is -2.30. The van der Waals surface area contributed by atoms with Crippen molar-refractivity contribution < 1.29 is 9.90 Å². The minimum absolute atomic E-state index is 0.173. The van der Waals surface area contributed by atoms with E-state index in [0.29, 0.717) is 16.4 Å². The third-order valence-corrected chi connectivity index (χ3v) is 4.44. The van der Waals surface area contributed by atoms with Gasteiger partial charge in [-0.25, -0.2) is 0 Å². The van der Waals surface area contributed by atoms with Gasteiger partial charge in [0.2, 0.25) is 0 Å². The Morgan fingerprint density at radius 2 is 1.69 bits per heavy atom. The molecule has 3 rings (SSSR count). The van der Waals surface area contributed by atoms with Crippen LogP contribution < -0.4 is 16.0 Å². The summed E-state index contributed by atoms with van der Waals surface area (Å²) in [6.45, 7) is 5.82. The number of thiocarbonyl (C=S) groups is 1. The van der Waals surface area contributed by atoms with Crippen LogP contribution in [0.5, 0.6) is 5.75 Å². The van der Waals surface area contributed by atoms with E-state index in [0.717, 1.165) is 22.4 Å². The van der Waals surface area contributed by atoms with Gasteiger partial charge in [-0.15, -0.1) is 0 Å². The maximum Gasteiger partial charge on any atom is 0.255 e. The lowest BCUT2D eigenvalue weighted by atomic mass is 9.94. The van der Waals surface area contributed by atoms with Crippen molar-refractivity contribution in [3.05, 3.63) is 70.4 Å². The van der Waals surface area contributed by atoms with Crippen LogP contribution >= 0.6 is 12.2 Å². The first-order valence-corrected chi connectivity index (χ1v) is 8.71. The average Bonchev–Trinajstić information content (AvgIpc) is 2.53. The van der Waals surface area contributed by atoms with Crippen LogP contribution in [-0.2, 0) is 4.79 Å². The zero-order valence-electron chi connectivity index (χ0n) is 14.9. The van der Waals surface area contributed by atoms with Crippen LogP contribution in [0.3, 0.4) is 0 Å². The second-order valence-electron chi connectivity index (χ2n) is 6.49. The largest absolute Gasteiger partial charge is 0.508 e. The molecule has 0 saturated carbocycles. The molecule has 0 unspecified atom stereocenters. The number of benzene rings is 2. The predicted octanol–water partition coefficient (Wildman–Crippen LogP) is 3.44. The molecule has 0 aromatic heterocycles. The van der Waals surface area contributed by atoms with E-state index < -0.39 is 6.04 Å². The summed E-state index contributed by atoms with van der Waals surface area (Å²) >= 11 is 5.25. The van der Waals surface area contributed by atoms with Crippen molar-refractivity contribution in [2.24, 2.45) is 0 Å². The summed E-state index contributed by atoms with van der Waals surface area (Å²) < 4.78 is 0. The van der Waals surface area contributed by atoms with Crippen LogP contribution in [0.2, 0.25) is 0 Å². The molecular formula is C20H21N3O2S. The maximum absolute atomic E-state index is 13.0. The highest BCUT2D eigenvalue weighted by Gasteiger charge is 2.29. The van der Waals surface area contributed by atoms with Gasteiger partial charge in [0.05, 0.1) is 11.6 Å². The van der Waals surface area contributed by atoms with Crippen LogP contribution in [0.15, 0.2) is 53.7 Å². The van der Waals surface area contributed by atoms with Gasteiger partial charge in [-0.3, -0.25) is 4.79 Å². The Morgan fingerprint density at radius 3 is 2.31 bits per heavy atom. The number of phenols is 1. The minimum atomic E-state index is -0.393. The smallest absolute Gasteiger partial charge is 0.255 e. The number of carbonyl (C=O) groups is 1. The SMILES string of the molecule is CC1=C(C(=O)Nc2cc(C)cc(C)c2)[C@H](c2ccc(O)cc2)NC(=S)N1. The van der Waals surface area contributed by atoms with E-state index in [1.54, 1.807) is 24.3 Å². The molecule has 2 aromatic rings. The van der Waals surface area contributed by atoms with Crippen molar-refractivity contribution >= 4 is 28.9 Å². The molecule has 1 amide bonds. The van der Waals surface area contributed by atoms with Crippen LogP contribution in [0.4, 0.5) is 5.69 Å². The van der Waals surface area contributed by atoms with Gasteiger partial charge in [-0.1, -0.05) is 18.2 Å². The number of hydrogen-bond acceptors (Lipinski definition) is 3. The summed E-state index contributed by atoms with van der Waals surface area (Å²) in [5.41, 5.74) is 5.03. The standard InChI is InChI=1S/C20H21N3O2S/c1-11-8-12(2)10-15(9-11)22-19(25)17-13(3)21-20(26)23-18(17)14-4-6-16(24)7-5-14/h4-10,18,24H,1-3H3,(H,22,25)(H2,21,23,26)/t18-/m0/s1. The quantitative estimate of drug-likeness (QED) is 0.626. The van der Waals surface area contributed by atoms with E-state index in [-0.39, 0.29) is 11.7 Å². The van der Waals surface area contributed by atoms with Crippen molar-refractivity contribution in [3.63, 3.8) is 0 Å². The minimum Gasteiger partial charge on any atom is -0.508 e. The molecule has 0 radical (unpaired) electrons. The van der Waals surface area contributed by atoms with E-state index >= 15 is 0 Å². The third kappa shape index (κ3) is 3.86. The van der Waals surface area contributed by atoms with Crippen molar-refractivity contribution in [2.45, 2.75) is 26.8 Å². The molecule has 1 aliphatic rings. The van der Waals surface area contributed by atoms with E-state index in [2.05, 4.69) is 22.0 Å². The van der Waals surface area contributed by atoms with Gasteiger partial charge >= 0.3 is 0 Å². The lowest BCUT2D eigenvalue weighted by molar-refractivity contribution is -0.113. The summed E-state index contributed by atoms with van der Waals surface area (Å²) in [5.74, 6) is -0.0275. The molecule has 1 heterocycles. The molecule has 6 heteroatoms. The first-order valence-electron chi connectivity index (χ1n) is 8.30. The topological polar surface area (TPSA) is 73.4 Å². The summed E-state index contributed by atoms with van der Waals surface area (Å²) in [5, 5.41) is 19.1. The summed E-state index contributed by atoms with van der Waals surface area (Å²) in [6.07, 6.45) is 0. The van der Waals surface area contributed by atoms with Crippen molar-refractivity contribution in [3.8, 4) is 5.75 Å². The third-order valence-electron chi connectivity index (χ3n) is 4.22. The van der Waals surface area contributed by atoms with Gasteiger partial charge in [0.15, 0.2) is 5.11 Å². The van der Waals surface area contributed by atoms with E-state index in [9.17, 15) is 9.90 Å². The number of carbonyl (C=O) groups excluding carboxylic acids is 1. The highest BCUT2D eigenvalue weighted by atomic mass is 32.1. The maximum atomic E-state index is 13.0. The Hall–Kier alpha value is -2.86. The highest BCUT2D eigenvalue weighted by molar-refractivity contribution is 7.80. The number of anilines is 1. The van der Waals surface area contributed by atoms with Gasteiger partial charge in [0.1, 0.15) is 5.75 Å². The predicted molar refractivity (Wildman–Crippen MR) is 107 cm³/mol. The Balaban J connectivity index is 1.95. The molecule has 2 aromatic carbocycles. The van der Waals surface area contributed by atoms with Crippen LogP contribution in [0.25, 0.3) is 0 Å². The summed E-state index contributed by atoms with van der Waals surface area (Å²) in [6, 6.07) is 12.3. The first-order chi connectivity index (χ1) is 12.3. The fraction of sp³-hybridized carbons (Fsp3) is 0.200. The fourth-order valence-corrected chi connectivity index (χ4v) is 3.43. The number of amides is 1. The number of phenolic OH excluding ortho intramolecular Hbond substituents is 1. The van der Waals surface area contributed by atoms with Crippen molar-refractivity contribution in [1.82, 2.24) is 10.6 Å². The molecule has 0 saturated heterocycles. The molecule has 4 N–H and O–H groups in total. The van der Waals surface area contributed by atoms with E-state index in [1.165, 1.54) is 0 Å². The van der Waals surface area contributed by atoms with Gasteiger partial charge in [-0.2, -0.15) is 0 Å². The molecule has 0 spiro atoms. The Kier molecular flexibility index (Phi) is 4.95. The number of aromatic hydroxyl groups is 1. The summed E-state index contributed by atoms with van der Waals surface area (Å²) in [7, 11) is 0. The molecular weight excluding hydrogens is 346 g/mol. The zero-order valence-corrected chi connectivity index (χ0v) is 15.7. The zero-order chi connectivity index (χ0) is 18.8. The van der Waals surface area contributed by atoms with Gasteiger partial charge in [-0.05, 0) is 73.9 Å². The monoisotopic (exact) mass is 367 g/mol. The van der Waals surface area contributed by atoms with Crippen LogP contribution in [0, 0.1) is 13.8 Å². The number of aryl methyl sites for hydroxylation is 2. The molecule has 0 fully saturated rings. The lowest BCUT2D eigenvalue weighted by Crippen LogP contribution is -2.45. The molecule has 0 bridgehead atoms. The molecule has 1 atom stereocenters. The second-order valence-corrected chi connectivity index (χ2v) is 6.90. The molecule has 134 valence electrons. The summed E-state index contributed by atoms with van der Waals surface area (Å²) in [4.78, 5) is 13.0. The van der Waals surface area contributed by atoms with Crippen molar-refractivity contribution in [2.75, 3.05) is 5.32 Å². The van der Waals surface area contributed by atoms with Gasteiger partial charge in [0.25, 0.3) is 5.91 Å². The van der Waals surface area contributed by atoms with Gasteiger partial charge in [0, 0.05) is 11.4 Å². The molecule has 5 nitrogen and oxygen atoms in total. The van der Waals surface area contributed by atoms with E-state index in [4.69, 9.17) is 12.2 Å². The van der Waals surface area contributed by atoms with Crippen LogP contribution in [0.1, 0.15) is 29.7 Å². The molecule has 0 aliphatic carbocycles. The Bertz CT molecular complexity index is 884. The Morgan fingerprint density at radius 1 is 1.08 bits per heavy atom.